The number of para-hydroxylation sites is 1. The Hall–Kier alpha value is -3.33. The van der Waals surface area contributed by atoms with E-state index in [4.69, 9.17) is 26.9 Å². The number of aliphatic carboxylic acids is 1. The van der Waals surface area contributed by atoms with Gasteiger partial charge in [-0.25, -0.2) is 0 Å². The van der Waals surface area contributed by atoms with Crippen molar-refractivity contribution in [2.75, 3.05) is 13.1 Å². The van der Waals surface area contributed by atoms with Crippen LogP contribution in [-0.4, -0.2) is 63.7 Å². The van der Waals surface area contributed by atoms with Crippen LogP contribution in [0.25, 0.3) is 0 Å². The minimum absolute atomic E-state index is 0.0468. The number of halogens is 1. The van der Waals surface area contributed by atoms with E-state index in [1.807, 2.05) is 6.92 Å². The number of hydrogen-bond acceptors (Lipinski definition) is 6. The Kier molecular flexibility index (Phi) is 8.70. The fourth-order valence-electron chi connectivity index (χ4n) is 4.01. The van der Waals surface area contributed by atoms with Gasteiger partial charge in [-0.15, -0.1) is 0 Å². The molecule has 1 fully saturated rings. The summed E-state index contributed by atoms with van der Waals surface area (Å²) >= 11 is 6.13. The summed E-state index contributed by atoms with van der Waals surface area (Å²) in [5.41, 5.74) is 0. The lowest BCUT2D eigenvalue weighted by Gasteiger charge is -2.23. The third kappa shape index (κ3) is 6.38. The molecule has 9 nitrogen and oxygen atoms in total. The molecular formula is C24H29ClN4O5. The van der Waals surface area contributed by atoms with Crippen molar-refractivity contribution in [2.24, 2.45) is 0 Å². The summed E-state index contributed by atoms with van der Waals surface area (Å²) in [6.07, 6.45) is 7.34. The van der Waals surface area contributed by atoms with Crippen molar-refractivity contribution in [3.05, 3.63) is 53.4 Å². The molecule has 0 aliphatic carbocycles. The van der Waals surface area contributed by atoms with Gasteiger partial charge in [-0.1, -0.05) is 30.2 Å². The van der Waals surface area contributed by atoms with Crippen molar-refractivity contribution in [1.29, 1.82) is 5.41 Å². The van der Waals surface area contributed by atoms with Gasteiger partial charge in [0.15, 0.2) is 0 Å². The molecule has 1 saturated heterocycles. The fraction of sp³-hybridized carbons (Fsp3) is 0.417. The monoisotopic (exact) mass is 488 g/mol. The first-order valence-electron chi connectivity index (χ1n) is 11.2. The lowest BCUT2D eigenvalue weighted by atomic mass is 10.1. The van der Waals surface area contributed by atoms with Gasteiger partial charge in [0.05, 0.1) is 11.6 Å². The maximum Gasteiger partial charge on any atom is 0.303 e. The Balaban J connectivity index is 1.49. The van der Waals surface area contributed by atoms with Crippen molar-refractivity contribution in [1.82, 2.24) is 15.1 Å². The van der Waals surface area contributed by atoms with Crippen LogP contribution in [0.1, 0.15) is 39.0 Å². The number of rotatable bonds is 11. The summed E-state index contributed by atoms with van der Waals surface area (Å²) in [6, 6.07) is 6.07. The number of carboxylic acids is 1. The van der Waals surface area contributed by atoms with E-state index in [0.29, 0.717) is 35.9 Å². The smallest absolute Gasteiger partial charge is 0.303 e. The number of unbranched alkanes of at least 4 members (excludes halogenated alkanes) is 2. The molecule has 1 aromatic carbocycles. The van der Waals surface area contributed by atoms with Crippen LogP contribution in [0, 0.1) is 5.41 Å². The van der Waals surface area contributed by atoms with Crippen LogP contribution in [0.15, 0.2) is 48.4 Å². The number of hydrogen-bond donors (Lipinski definition) is 3. The summed E-state index contributed by atoms with van der Waals surface area (Å²) in [4.78, 5) is 39.0. The van der Waals surface area contributed by atoms with E-state index >= 15 is 0 Å². The molecule has 2 aliphatic heterocycles. The van der Waals surface area contributed by atoms with Crippen LogP contribution < -0.4 is 10.1 Å². The molecule has 2 atom stereocenters. The predicted molar refractivity (Wildman–Crippen MR) is 128 cm³/mol. The molecule has 0 bridgehead atoms. The van der Waals surface area contributed by atoms with Crippen molar-refractivity contribution in [3.63, 3.8) is 0 Å². The van der Waals surface area contributed by atoms with Gasteiger partial charge in [-0.2, -0.15) is 0 Å². The van der Waals surface area contributed by atoms with Crippen LogP contribution in [-0.2, 0) is 14.4 Å². The predicted octanol–water partition coefficient (Wildman–Crippen LogP) is 3.16. The molecular weight excluding hydrogens is 460 g/mol. The molecule has 0 aromatic heterocycles. The zero-order valence-electron chi connectivity index (χ0n) is 19.0. The van der Waals surface area contributed by atoms with Gasteiger partial charge in [0.1, 0.15) is 23.4 Å². The minimum atomic E-state index is -0.792. The molecule has 10 heteroatoms. The Labute approximate surface area is 203 Å². The number of likely N-dealkylation sites (tertiary alicyclic amines) is 1. The number of carbonyl (C=O) groups excluding carboxylic acids is 2. The molecule has 34 heavy (non-hydrogen) atoms. The van der Waals surface area contributed by atoms with Gasteiger partial charge in [0, 0.05) is 31.3 Å². The Morgan fingerprint density at radius 1 is 1.29 bits per heavy atom. The molecule has 1 unspecified atom stereocenters. The maximum absolute atomic E-state index is 13.1. The second kappa shape index (κ2) is 11.7. The molecule has 2 aliphatic rings. The van der Waals surface area contributed by atoms with Gasteiger partial charge in [-0.3, -0.25) is 24.7 Å². The van der Waals surface area contributed by atoms with E-state index in [2.05, 4.69) is 5.32 Å². The van der Waals surface area contributed by atoms with Crippen molar-refractivity contribution in [3.8, 4) is 5.75 Å². The molecule has 0 radical (unpaired) electrons. The van der Waals surface area contributed by atoms with E-state index < -0.39 is 12.0 Å². The second-order valence-corrected chi connectivity index (χ2v) is 8.70. The van der Waals surface area contributed by atoms with E-state index in [-0.39, 0.29) is 36.7 Å². The number of carbonyl (C=O) groups is 3. The van der Waals surface area contributed by atoms with Crippen LogP contribution in [0.4, 0.5) is 0 Å². The lowest BCUT2D eigenvalue weighted by molar-refractivity contribution is -0.137. The first-order chi connectivity index (χ1) is 16.3. The standard InChI is InChI=1S/C24H29ClN4O5/c1-16-13-19(28-15-17(14-22(28)30)34-20-8-5-4-7-18(20)25)24(33)29(16)21(26)10-12-27-11-6-2-3-9-23(31)32/h4-5,7-8,10,12,14,16,19,26-27H,2-3,6,9,11,13,15H2,1H3,(H,31,32)/b12-10-,26-21?/t16?,19-/m0/s1. The number of benzene rings is 1. The first-order valence-corrected chi connectivity index (χ1v) is 11.6. The molecule has 2 heterocycles. The molecule has 3 rings (SSSR count). The third-order valence-corrected chi connectivity index (χ3v) is 6.02. The minimum Gasteiger partial charge on any atom is -0.481 e. The van der Waals surface area contributed by atoms with Gasteiger partial charge in [-0.05, 0) is 44.4 Å². The summed E-state index contributed by atoms with van der Waals surface area (Å²) in [5.74, 6) is -0.485. The SMILES string of the molecule is CC1C[C@H](N2CC(Oc3ccccc3Cl)=CC2=O)C(=O)N1C(=N)/C=C\NCCCCCC(=O)O. The molecule has 1 aromatic rings. The largest absolute Gasteiger partial charge is 0.481 e. The Morgan fingerprint density at radius 3 is 2.79 bits per heavy atom. The maximum atomic E-state index is 13.1. The van der Waals surface area contributed by atoms with Crippen molar-refractivity contribution >= 4 is 35.2 Å². The summed E-state index contributed by atoms with van der Waals surface area (Å²) in [6.45, 7) is 2.66. The average Bonchev–Trinajstić information content (AvgIpc) is 3.29. The number of nitrogens with zero attached hydrogens (tertiary/aromatic N) is 2. The number of nitrogens with one attached hydrogen (secondary N) is 2. The van der Waals surface area contributed by atoms with Crippen LogP contribution >= 0.6 is 11.6 Å². The second-order valence-electron chi connectivity index (χ2n) is 8.30. The molecule has 2 amide bonds. The Bertz CT molecular complexity index is 1010. The molecule has 0 spiro atoms. The molecule has 3 N–H and O–H groups in total. The van der Waals surface area contributed by atoms with Crippen LogP contribution in [0.5, 0.6) is 5.75 Å². The summed E-state index contributed by atoms with van der Waals surface area (Å²) in [7, 11) is 0. The summed E-state index contributed by atoms with van der Waals surface area (Å²) in [5, 5.41) is 20.4. The number of ether oxygens (including phenoxy) is 1. The van der Waals surface area contributed by atoms with Crippen molar-refractivity contribution < 1.29 is 24.2 Å². The van der Waals surface area contributed by atoms with E-state index in [1.165, 1.54) is 22.0 Å². The third-order valence-electron chi connectivity index (χ3n) is 5.71. The highest BCUT2D eigenvalue weighted by molar-refractivity contribution is 6.32. The Morgan fingerprint density at radius 2 is 2.06 bits per heavy atom. The number of amidine groups is 1. The van der Waals surface area contributed by atoms with Gasteiger partial charge in [0.25, 0.3) is 11.8 Å². The highest BCUT2D eigenvalue weighted by Crippen LogP contribution is 2.30. The quantitative estimate of drug-likeness (QED) is 0.250. The van der Waals surface area contributed by atoms with Gasteiger partial charge >= 0.3 is 5.97 Å². The van der Waals surface area contributed by atoms with E-state index in [1.54, 1.807) is 30.5 Å². The van der Waals surface area contributed by atoms with Crippen molar-refractivity contribution in [2.45, 2.75) is 51.1 Å². The zero-order valence-corrected chi connectivity index (χ0v) is 19.8. The van der Waals surface area contributed by atoms with Crippen LogP contribution in [0.3, 0.4) is 0 Å². The molecule has 182 valence electrons. The van der Waals surface area contributed by atoms with E-state index in [0.717, 1.165) is 12.8 Å². The van der Waals surface area contributed by atoms with E-state index in [9.17, 15) is 14.4 Å². The highest BCUT2D eigenvalue weighted by Gasteiger charge is 2.45. The van der Waals surface area contributed by atoms with Gasteiger partial charge < -0.3 is 20.1 Å². The van der Waals surface area contributed by atoms with Crippen LogP contribution in [0.2, 0.25) is 5.02 Å². The lowest BCUT2D eigenvalue weighted by Crippen LogP contribution is -2.44. The topological polar surface area (TPSA) is 123 Å². The molecule has 0 saturated carbocycles. The number of amides is 2. The summed E-state index contributed by atoms with van der Waals surface area (Å²) < 4.78 is 5.77. The first kappa shape index (κ1) is 25.3. The fourth-order valence-corrected chi connectivity index (χ4v) is 4.19. The van der Waals surface area contributed by atoms with Gasteiger partial charge in [0.2, 0.25) is 0 Å². The number of carboxylic acid groups (broad SMARTS) is 1. The average molecular weight is 489 g/mol. The zero-order chi connectivity index (χ0) is 24.7. The highest BCUT2D eigenvalue weighted by atomic mass is 35.5. The normalized spacial score (nSPS) is 20.2.